The van der Waals surface area contributed by atoms with Crippen LogP contribution in [0.15, 0.2) is 23.2 Å². The second-order valence-corrected chi connectivity index (χ2v) is 6.80. The van der Waals surface area contributed by atoms with Gasteiger partial charge in [0.2, 0.25) is 15.9 Å². The van der Waals surface area contributed by atoms with E-state index in [1.165, 1.54) is 18.3 Å². The maximum Gasteiger partial charge on any atom is 0.243 e. The summed E-state index contributed by atoms with van der Waals surface area (Å²) in [5.41, 5.74) is 0. The van der Waals surface area contributed by atoms with E-state index in [0.717, 1.165) is 6.42 Å². The van der Waals surface area contributed by atoms with E-state index in [9.17, 15) is 13.2 Å². The van der Waals surface area contributed by atoms with Gasteiger partial charge in [0.05, 0.1) is 0 Å². The molecule has 1 saturated heterocycles. The summed E-state index contributed by atoms with van der Waals surface area (Å²) in [5.74, 6) is 0.0652. The second-order valence-electron chi connectivity index (χ2n) is 4.76. The maximum atomic E-state index is 12.2. The fourth-order valence-corrected chi connectivity index (χ4v) is 3.85. The van der Waals surface area contributed by atoms with Crippen molar-refractivity contribution in [2.75, 3.05) is 13.1 Å². The molecule has 6 nitrogen and oxygen atoms in total. The van der Waals surface area contributed by atoms with E-state index in [4.69, 9.17) is 11.6 Å². The van der Waals surface area contributed by atoms with Crippen molar-refractivity contribution in [3.05, 3.63) is 23.5 Å². The number of nitrogens with zero attached hydrogens (tertiary/aromatic N) is 2. The molecule has 1 aromatic heterocycles. The Morgan fingerprint density at radius 3 is 2.90 bits per heavy atom. The molecule has 0 bridgehead atoms. The number of carbonyl (C=O) groups is 1. The molecular weight excluding hydrogens is 302 g/mol. The van der Waals surface area contributed by atoms with Crippen LogP contribution in [0.4, 0.5) is 0 Å². The molecule has 1 aliphatic heterocycles. The van der Waals surface area contributed by atoms with E-state index in [-0.39, 0.29) is 16.0 Å². The summed E-state index contributed by atoms with van der Waals surface area (Å²) in [4.78, 5) is 16.9. The van der Waals surface area contributed by atoms with Crippen LogP contribution in [0.3, 0.4) is 0 Å². The molecule has 2 rings (SSSR count). The van der Waals surface area contributed by atoms with Gasteiger partial charge < -0.3 is 4.90 Å². The molecule has 1 fully saturated rings. The van der Waals surface area contributed by atoms with E-state index in [1.54, 1.807) is 11.8 Å². The number of carbonyl (C=O) groups excluding carboxylic acids is 1. The van der Waals surface area contributed by atoms with Gasteiger partial charge in [-0.1, -0.05) is 11.6 Å². The third-order valence-electron chi connectivity index (χ3n) is 3.04. The molecular formula is C12H16ClN3O3S. The van der Waals surface area contributed by atoms with Gasteiger partial charge in [-0.25, -0.2) is 18.1 Å². The van der Waals surface area contributed by atoms with Crippen LogP contribution in [0.25, 0.3) is 0 Å². The lowest BCUT2D eigenvalue weighted by molar-refractivity contribution is -0.127. The molecule has 8 heteroatoms. The normalized spacial score (nSPS) is 17.5. The Kier molecular flexibility index (Phi) is 4.62. The van der Waals surface area contributed by atoms with Crippen molar-refractivity contribution in [2.45, 2.75) is 30.7 Å². The Morgan fingerprint density at radius 2 is 2.30 bits per heavy atom. The average Bonchev–Trinajstić information content (AvgIpc) is 2.74. The number of aromatic nitrogens is 1. The Hall–Kier alpha value is -1.18. The molecule has 1 N–H and O–H groups in total. The standard InChI is InChI=1S/C12H16ClN3O3S/c1-9(8-16-7-3-5-11(16)17)15-20(18,19)10-4-2-6-14-12(10)13/h2,4,6,9,15H,3,5,7-8H2,1H3. The van der Waals surface area contributed by atoms with Crippen molar-refractivity contribution in [2.24, 2.45) is 0 Å². The molecule has 0 spiro atoms. The number of nitrogens with one attached hydrogen (secondary N) is 1. The van der Waals surface area contributed by atoms with Gasteiger partial charge in [0.15, 0.2) is 0 Å². The van der Waals surface area contributed by atoms with Crippen LogP contribution in [-0.2, 0) is 14.8 Å². The van der Waals surface area contributed by atoms with Crippen molar-refractivity contribution in [3.63, 3.8) is 0 Å². The van der Waals surface area contributed by atoms with Gasteiger partial charge in [0.1, 0.15) is 10.0 Å². The lowest BCUT2D eigenvalue weighted by Crippen LogP contribution is -2.42. The molecule has 1 amide bonds. The quantitative estimate of drug-likeness (QED) is 0.822. The highest BCUT2D eigenvalue weighted by atomic mass is 35.5. The maximum absolute atomic E-state index is 12.2. The summed E-state index contributed by atoms with van der Waals surface area (Å²) in [6.45, 7) is 2.75. The fraction of sp³-hybridized carbons (Fsp3) is 0.500. The summed E-state index contributed by atoms with van der Waals surface area (Å²) in [7, 11) is -3.73. The van der Waals surface area contributed by atoms with E-state index < -0.39 is 16.1 Å². The molecule has 110 valence electrons. The first kappa shape index (κ1) is 15.2. The van der Waals surface area contributed by atoms with Crippen LogP contribution in [0.2, 0.25) is 5.15 Å². The molecule has 1 aromatic rings. The molecule has 0 aliphatic carbocycles. The van der Waals surface area contributed by atoms with Crippen LogP contribution in [-0.4, -0.2) is 43.3 Å². The summed E-state index contributed by atoms with van der Waals surface area (Å²) >= 11 is 5.79. The Balaban J connectivity index is 2.05. The minimum atomic E-state index is -3.73. The zero-order valence-corrected chi connectivity index (χ0v) is 12.6. The van der Waals surface area contributed by atoms with Gasteiger partial charge in [-0.15, -0.1) is 0 Å². The lowest BCUT2D eigenvalue weighted by Gasteiger charge is -2.21. The highest BCUT2D eigenvalue weighted by Crippen LogP contribution is 2.18. The van der Waals surface area contributed by atoms with Crippen molar-refractivity contribution in [3.8, 4) is 0 Å². The molecule has 1 aliphatic rings. The molecule has 0 saturated carbocycles. The van der Waals surface area contributed by atoms with Crippen LogP contribution < -0.4 is 4.72 Å². The van der Waals surface area contributed by atoms with Crippen LogP contribution in [0.1, 0.15) is 19.8 Å². The Morgan fingerprint density at radius 1 is 1.55 bits per heavy atom. The molecule has 0 aromatic carbocycles. The minimum absolute atomic E-state index is 0.0544. The predicted octanol–water partition coefficient (Wildman–Crippen LogP) is 1.02. The van der Waals surface area contributed by atoms with Gasteiger partial charge in [-0.05, 0) is 25.5 Å². The van der Waals surface area contributed by atoms with E-state index in [2.05, 4.69) is 9.71 Å². The summed E-state index contributed by atoms with van der Waals surface area (Å²) in [6, 6.07) is 2.51. The predicted molar refractivity (Wildman–Crippen MR) is 74.8 cm³/mol. The SMILES string of the molecule is CC(CN1CCCC1=O)NS(=O)(=O)c1cccnc1Cl. The monoisotopic (exact) mass is 317 g/mol. The second kappa shape index (κ2) is 6.07. The molecule has 2 heterocycles. The van der Waals surface area contributed by atoms with Crippen molar-refractivity contribution in [1.82, 2.24) is 14.6 Å². The largest absolute Gasteiger partial charge is 0.341 e. The van der Waals surface area contributed by atoms with Crippen molar-refractivity contribution in [1.29, 1.82) is 0 Å². The smallest absolute Gasteiger partial charge is 0.243 e. The van der Waals surface area contributed by atoms with Gasteiger partial charge >= 0.3 is 0 Å². The average molecular weight is 318 g/mol. The summed E-state index contributed by atoms with van der Waals surface area (Å²) in [6.07, 6.45) is 2.79. The number of hydrogen-bond acceptors (Lipinski definition) is 4. The number of amides is 1. The number of halogens is 1. The number of likely N-dealkylation sites (tertiary alicyclic amines) is 1. The van der Waals surface area contributed by atoms with E-state index in [1.807, 2.05) is 0 Å². The number of sulfonamides is 1. The summed E-state index contributed by atoms with van der Waals surface area (Å²) in [5, 5.41) is -0.0653. The van der Waals surface area contributed by atoms with E-state index >= 15 is 0 Å². The third kappa shape index (κ3) is 3.47. The zero-order chi connectivity index (χ0) is 14.8. The van der Waals surface area contributed by atoms with Crippen molar-refractivity contribution < 1.29 is 13.2 Å². The molecule has 0 radical (unpaired) electrons. The van der Waals surface area contributed by atoms with Gasteiger partial charge in [0, 0.05) is 31.7 Å². The van der Waals surface area contributed by atoms with Crippen LogP contribution in [0, 0.1) is 0 Å². The first-order valence-corrected chi connectivity index (χ1v) is 8.17. The number of pyridine rings is 1. The zero-order valence-electron chi connectivity index (χ0n) is 11.0. The third-order valence-corrected chi connectivity index (χ3v) is 5.07. The van der Waals surface area contributed by atoms with Crippen LogP contribution in [0.5, 0.6) is 0 Å². The van der Waals surface area contributed by atoms with Crippen LogP contribution >= 0.6 is 11.6 Å². The first-order chi connectivity index (χ1) is 9.40. The highest BCUT2D eigenvalue weighted by Gasteiger charge is 2.25. The summed E-state index contributed by atoms with van der Waals surface area (Å²) < 4.78 is 26.9. The first-order valence-electron chi connectivity index (χ1n) is 6.31. The minimum Gasteiger partial charge on any atom is -0.341 e. The molecule has 1 atom stereocenters. The topological polar surface area (TPSA) is 79.4 Å². The van der Waals surface area contributed by atoms with Gasteiger partial charge in [-0.3, -0.25) is 4.79 Å². The Bertz CT molecular complexity index is 606. The van der Waals surface area contributed by atoms with Gasteiger partial charge in [-0.2, -0.15) is 0 Å². The molecule has 20 heavy (non-hydrogen) atoms. The Labute approximate surface area is 123 Å². The molecule has 1 unspecified atom stereocenters. The fourth-order valence-electron chi connectivity index (χ4n) is 2.16. The van der Waals surface area contributed by atoms with E-state index in [0.29, 0.717) is 19.5 Å². The number of hydrogen-bond donors (Lipinski definition) is 1. The number of rotatable bonds is 5. The van der Waals surface area contributed by atoms with Crippen molar-refractivity contribution >= 4 is 27.5 Å². The van der Waals surface area contributed by atoms with Gasteiger partial charge in [0.25, 0.3) is 0 Å². The highest BCUT2D eigenvalue weighted by molar-refractivity contribution is 7.89. The lowest BCUT2D eigenvalue weighted by atomic mass is 10.3.